The van der Waals surface area contributed by atoms with Crippen molar-refractivity contribution in [3.05, 3.63) is 30.5 Å². The van der Waals surface area contributed by atoms with Crippen LogP contribution in [0.15, 0.2) is 30.5 Å². The van der Waals surface area contributed by atoms with Gasteiger partial charge in [-0.05, 0) is 48.3 Å². The van der Waals surface area contributed by atoms with E-state index in [0.29, 0.717) is 5.41 Å². The summed E-state index contributed by atoms with van der Waals surface area (Å²) in [6, 6.07) is 8.18. The Bertz CT molecular complexity index is 599. The van der Waals surface area contributed by atoms with Gasteiger partial charge in [0, 0.05) is 18.1 Å². The number of rotatable bonds is 5. The van der Waals surface area contributed by atoms with E-state index in [9.17, 15) is 0 Å². The van der Waals surface area contributed by atoms with Crippen molar-refractivity contribution in [2.75, 3.05) is 19.0 Å². The molecule has 0 atom stereocenters. The van der Waals surface area contributed by atoms with E-state index in [2.05, 4.69) is 29.4 Å². The van der Waals surface area contributed by atoms with Crippen LogP contribution in [0, 0.1) is 5.41 Å². The minimum absolute atomic E-state index is 0.489. The van der Waals surface area contributed by atoms with Gasteiger partial charge in [-0.1, -0.05) is 19.4 Å². The second kappa shape index (κ2) is 5.31. The summed E-state index contributed by atoms with van der Waals surface area (Å²) >= 11 is 0. The zero-order valence-electron chi connectivity index (χ0n) is 12.3. The number of ether oxygens (including phenoxy) is 1. The summed E-state index contributed by atoms with van der Waals surface area (Å²) < 4.78 is 5.32. The van der Waals surface area contributed by atoms with Gasteiger partial charge in [-0.2, -0.15) is 0 Å². The van der Waals surface area contributed by atoms with Crippen molar-refractivity contribution < 1.29 is 4.74 Å². The first-order chi connectivity index (χ1) is 9.76. The predicted molar refractivity (Wildman–Crippen MR) is 83.4 cm³/mol. The van der Waals surface area contributed by atoms with Crippen LogP contribution in [-0.2, 0) is 0 Å². The van der Waals surface area contributed by atoms with Gasteiger partial charge in [0.25, 0.3) is 0 Å². The first kappa shape index (κ1) is 13.2. The number of nitrogens with zero attached hydrogens (tertiary/aromatic N) is 1. The molecule has 1 aliphatic carbocycles. The molecule has 1 aliphatic rings. The number of methoxy groups -OCH3 is 1. The van der Waals surface area contributed by atoms with E-state index >= 15 is 0 Å². The number of fused-ring (bicyclic) bond motifs is 1. The maximum absolute atomic E-state index is 5.32. The van der Waals surface area contributed by atoms with E-state index in [1.807, 2.05) is 18.3 Å². The summed E-state index contributed by atoms with van der Waals surface area (Å²) in [5.41, 5.74) is 0.489. The topological polar surface area (TPSA) is 34.2 Å². The van der Waals surface area contributed by atoms with Crippen LogP contribution in [0.3, 0.4) is 0 Å². The Balaban J connectivity index is 1.86. The van der Waals surface area contributed by atoms with Gasteiger partial charge in [0.05, 0.1) is 7.11 Å². The smallest absolute Gasteiger partial charge is 0.133 e. The van der Waals surface area contributed by atoms with Gasteiger partial charge >= 0.3 is 0 Å². The maximum atomic E-state index is 5.32. The average molecular weight is 270 g/mol. The third-order valence-corrected chi connectivity index (χ3v) is 4.77. The van der Waals surface area contributed by atoms with Gasteiger partial charge in [0.2, 0.25) is 0 Å². The molecule has 20 heavy (non-hydrogen) atoms. The van der Waals surface area contributed by atoms with E-state index < -0.39 is 0 Å². The Morgan fingerprint density at radius 1 is 1.30 bits per heavy atom. The number of nitrogens with one attached hydrogen (secondary N) is 1. The number of hydrogen-bond acceptors (Lipinski definition) is 3. The third-order valence-electron chi connectivity index (χ3n) is 4.77. The molecule has 1 N–H and O–H groups in total. The molecule has 3 rings (SSSR count). The van der Waals surface area contributed by atoms with Gasteiger partial charge in [0.15, 0.2) is 0 Å². The lowest BCUT2D eigenvalue weighted by atomic mass is 9.67. The minimum Gasteiger partial charge on any atom is -0.497 e. The molecular formula is C17H22N2O. The fraction of sp³-hybridized carbons (Fsp3) is 0.471. The Morgan fingerprint density at radius 2 is 2.15 bits per heavy atom. The lowest BCUT2D eigenvalue weighted by Crippen LogP contribution is -2.36. The van der Waals surface area contributed by atoms with E-state index in [1.165, 1.54) is 31.1 Å². The molecule has 1 heterocycles. The lowest BCUT2D eigenvalue weighted by Gasteiger charge is -2.41. The highest BCUT2D eigenvalue weighted by Gasteiger charge is 2.34. The number of aromatic nitrogens is 1. The molecular weight excluding hydrogens is 248 g/mol. The molecule has 0 amide bonds. The average Bonchev–Trinajstić information content (AvgIpc) is 2.46. The molecule has 0 spiro atoms. The predicted octanol–water partition coefficient (Wildman–Crippen LogP) is 4.24. The molecule has 106 valence electrons. The number of hydrogen-bond donors (Lipinski definition) is 1. The molecule has 1 aromatic carbocycles. The summed E-state index contributed by atoms with van der Waals surface area (Å²) in [6.07, 6.45) is 7.16. The van der Waals surface area contributed by atoms with Gasteiger partial charge in [-0.25, -0.2) is 4.98 Å². The molecule has 0 saturated heterocycles. The van der Waals surface area contributed by atoms with Gasteiger partial charge in [0.1, 0.15) is 11.6 Å². The standard InChI is InChI=1S/C17H22N2O/c1-3-17(8-4-9-17)12-19-16-15-11-14(20-2)6-5-13(15)7-10-18-16/h5-7,10-11H,3-4,8-9,12H2,1-2H3,(H,18,19). The van der Waals surface area contributed by atoms with Gasteiger partial charge in [-0.15, -0.1) is 0 Å². The van der Waals surface area contributed by atoms with Crippen LogP contribution in [0.5, 0.6) is 5.75 Å². The summed E-state index contributed by atoms with van der Waals surface area (Å²) in [5, 5.41) is 5.90. The largest absolute Gasteiger partial charge is 0.497 e. The van der Waals surface area contributed by atoms with Crippen LogP contribution in [-0.4, -0.2) is 18.6 Å². The lowest BCUT2D eigenvalue weighted by molar-refractivity contribution is 0.145. The normalized spacial score (nSPS) is 16.7. The molecule has 0 radical (unpaired) electrons. The Labute approximate surface area is 120 Å². The highest BCUT2D eigenvalue weighted by molar-refractivity contribution is 5.92. The number of benzene rings is 1. The van der Waals surface area contributed by atoms with Crippen LogP contribution in [0.1, 0.15) is 32.6 Å². The molecule has 3 nitrogen and oxygen atoms in total. The third kappa shape index (κ3) is 2.33. The number of anilines is 1. The highest BCUT2D eigenvalue weighted by atomic mass is 16.5. The van der Waals surface area contributed by atoms with Gasteiger partial charge in [-0.3, -0.25) is 0 Å². The molecule has 1 aromatic heterocycles. The van der Waals surface area contributed by atoms with Crippen LogP contribution in [0.2, 0.25) is 0 Å². The molecule has 0 aliphatic heterocycles. The summed E-state index contributed by atoms with van der Waals surface area (Å²) in [4.78, 5) is 4.51. The van der Waals surface area contributed by atoms with Crippen LogP contribution in [0.25, 0.3) is 10.8 Å². The Kier molecular flexibility index (Phi) is 3.51. The zero-order chi connectivity index (χ0) is 14.0. The maximum Gasteiger partial charge on any atom is 0.133 e. The van der Waals surface area contributed by atoms with Crippen molar-refractivity contribution in [3.8, 4) is 5.75 Å². The summed E-state index contributed by atoms with van der Waals surface area (Å²) in [5.74, 6) is 1.85. The second-order valence-electron chi connectivity index (χ2n) is 5.81. The van der Waals surface area contributed by atoms with Crippen molar-refractivity contribution >= 4 is 16.6 Å². The van der Waals surface area contributed by atoms with Crippen molar-refractivity contribution in [1.82, 2.24) is 4.98 Å². The second-order valence-corrected chi connectivity index (χ2v) is 5.81. The molecule has 3 heteroatoms. The van der Waals surface area contributed by atoms with Crippen molar-refractivity contribution in [3.63, 3.8) is 0 Å². The van der Waals surface area contributed by atoms with Crippen LogP contribution in [0.4, 0.5) is 5.82 Å². The zero-order valence-corrected chi connectivity index (χ0v) is 12.3. The molecule has 0 unspecified atom stereocenters. The first-order valence-electron chi connectivity index (χ1n) is 7.43. The van der Waals surface area contributed by atoms with Gasteiger partial charge < -0.3 is 10.1 Å². The van der Waals surface area contributed by atoms with Crippen molar-refractivity contribution in [2.24, 2.45) is 5.41 Å². The first-order valence-corrected chi connectivity index (χ1v) is 7.43. The molecule has 1 saturated carbocycles. The number of pyridine rings is 1. The van der Waals surface area contributed by atoms with E-state index in [0.717, 1.165) is 23.5 Å². The van der Waals surface area contributed by atoms with E-state index in [4.69, 9.17) is 4.74 Å². The molecule has 2 aromatic rings. The fourth-order valence-corrected chi connectivity index (χ4v) is 3.02. The summed E-state index contributed by atoms with van der Waals surface area (Å²) in [6.45, 7) is 3.31. The van der Waals surface area contributed by atoms with Crippen LogP contribution >= 0.6 is 0 Å². The summed E-state index contributed by atoms with van der Waals surface area (Å²) in [7, 11) is 1.70. The Hall–Kier alpha value is -1.77. The van der Waals surface area contributed by atoms with Crippen LogP contribution < -0.4 is 10.1 Å². The molecule has 0 bridgehead atoms. The fourth-order valence-electron chi connectivity index (χ4n) is 3.02. The highest BCUT2D eigenvalue weighted by Crippen LogP contribution is 2.43. The monoisotopic (exact) mass is 270 g/mol. The molecule has 1 fully saturated rings. The van der Waals surface area contributed by atoms with E-state index in [-0.39, 0.29) is 0 Å². The quantitative estimate of drug-likeness (QED) is 0.882. The minimum atomic E-state index is 0.489. The van der Waals surface area contributed by atoms with E-state index in [1.54, 1.807) is 7.11 Å². The Morgan fingerprint density at radius 3 is 2.80 bits per heavy atom. The SMILES string of the molecule is CCC1(CNc2nccc3ccc(OC)cc23)CCC1. The van der Waals surface area contributed by atoms with Crippen molar-refractivity contribution in [1.29, 1.82) is 0 Å². The van der Waals surface area contributed by atoms with Crippen molar-refractivity contribution in [2.45, 2.75) is 32.6 Å².